The molecule has 0 aliphatic rings. The number of nitrogen functional groups attached to an aromatic ring is 1. The zero-order chi connectivity index (χ0) is 10.0. The molecule has 0 aliphatic heterocycles. The molecule has 1 heterocycles. The lowest BCUT2D eigenvalue weighted by Crippen LogP contribution is -2.13. The number of aryl methyl sites for hydroxylation is 1. The minimum absolute atomic E-state index is 0.146. The van der Waals surface area contributed by atoms with E-state index in [2.05, 4.69) is 5.10 Å². The first-order valence-electron chi connectivity index (χ1n) is 4.01. The Morgan fingerprint density at radius 1 is 1.69 bits per heavy atom. The number of aromatic nitrogens is 2. The van der Waals surface area contributed by atoms with Crippen molar-refractivity contribution < 1.29 is 9.53 Å². The van der Waals surface area contributed by atoms with Crippen LogP contribution in [-0.2, 0) is 11.8 Å². The Hall–Kier alpha value is -1.52. The summed E-state index contributed by atoms with van der Waals surface area (Å²) in [4.78, 5) is 11.3. The molecular formula is C8H13N3O2. The van der Waals surface area contributed by atoms with Gasteiger partial charge in [-0.25, -0.2) is 4.79 Å². The average Bonchev–Trinajstić information content (AvgIpc) is 2.31. The molecule has 0 radical (unpaired) electrons. The van der Waals surface area contributed by atoms with Crippen molar-refractivity contribution in [1.82, 2.24) is 9.78 Å². The Morgan fingerprint density at radius 2 is 2.31 bits per heavy atom. The van der Waals surface area contributed by atoms with Gasteiger partial charge in [0.2, 0.25) is 0 Å². The van der Waals surface area contributed by atoms with E-state index >= 15 is 0 Å². The number of esters is 1. The third kappa shape index (κ3) is 1.99. The summed E-state index contributed by atoms with van der Waals surface area (Å²) in [5.41, 5.74) is 5.89. The number of ether oxygens (including phenoxy) is 1. The quantitative estimate of drug-likeness (QED) is 0.680. The first-order chi connectivity index (χ1) is 6.02. The van der Waals surface area contributed by atoms with Crippen molar-refractivity contribution in [3.05, 3.63) is 11.8 Å². The summed E-state index contributed by atoms with van der Waals surface area (Å²) in [6.07, 6.45) is 1.26. The fourth-order valence-corrected chi connectivity index (χ4v) is 0.882. The molecular weight excluding hydrogens is 170 g/mol. The van der Waals surface area contributed by atoms with Crippen LogP contribution in [0, 0.1) is 0 Å². The molecule has 5 nitrogen and oxygen atoms in total. The summed E-state index contributed by atoms with van der Waals surface area (Å²) < 4.78 is 6.39. The smallest absolute Gasteiger partial charge is 0.343 e. The molecule has 0 amide bonds. The van der Waals surface area contributed by atoms with Gasteiger partial charge in [0.1, 0.15) is 11.4 Å². The molecule has 5 heteroatoms. The van der Waals surface area contributed by atoms with Gasteiger partial charge in [0.15, 0.2) is 0 Å². The predicted molar refractivity (Wildman–Crippen MR) is 48.2 cm³/mol. The zero-order valence-electron chi connectivity index (χ0n) is 7.94. The number of anilines is 1. The average molecular weight is 183 g/mol. The fraction of sp³-hybridized carbons (Fsp3) is 0.500. The van der Waals surface area contributed by atoms with Crippen molar-refractivity contribution in [3.63, 3.8) is 0 Å². The highest BCUT2D eigenvalue weighted by atomic mass is 16.5. The second-order valence-electron chi connectivity index (χ2n) is 3.02. The molecule has 0 saturated heterocycles. The van der Waals surface area contributed by atoms with Gasteiger partial charge in [-0.2, -0.15) is 5.10 Å². The molecule has 0 bridgehead atoms. The Kier molecular flexibility index (Phi) is 2.55. The summed E-state index contributed by atoms with van der Waals surface area (Å²) in [7, 11) is 1.67. The summed E-state index contributed by atoms with van der Waals surface area (Å²) in [6, 6.07) is 0. The number of carbonyl (C=O) groups is 1. The zero-order valence-corrected chi connectivity index (χ0v) is 7.94. The third-order valence-electron chi connectivity index (χ3n) is 1.55. The molecule has 0 saturated carbocycles. The molecule has 2 N–H and O–H groups in total. The Balaban J connectivity index is 2.83. The van der Waals surface area contributed by atoms with E-state index < -0.39 is 5.97 Å². The molecule has 0 aliphatic carbocycles. The number of hydrogen-bond donors (Lipinski definition) is 1. The van der Waals surface area contributed by atoms with Crippen molar-refractivity contribution >= 4 is 11.8 Å². The predicted octanol–water partition coefficient (Wildman–Crippen LogP) is 0.568. The Morgan fingerprint density at radius 3 is 2.69 bits per heavy atom. The van der Waals surface area contributed by atoms with E-state index in [0.29, 0.717) is 11.4 Å². The van der Waals surface area contributed by atoms with Crippen LogP contribution in [0.5, 0.6) is 0 Å². The van der Waals surface area contributed by atoms with Gasteiger partial charge in [-0.1, -0.05) is 0 Å². The number of carbonyl (C=O) groups excluding carboxylic acids is 1. The van der Waals surface area contributed by atoms with Crippen molar-refractivity contribution in [2.24, 2.45) is 7.05 Å². The molecule has 13 heavy (non-hydrogen) atoms. The minimum atomic E-state index is -0.430. The van der Waals surface area contributed by atoms with E-state index in [1.807, 2.05) is 0 Å². The molecule has 0 atom stereocenters. The standard InChI is InChI=1S/C8H13N3O2/c1-5(2)13-8(12)6-4-10-11(3)7(6)9/h4-5H,9H2,1-3H3. The van der Waals surface area contributed by atoms with Crippen LogP contribution in [0.4, 0.5) is 5.82 Å². The van der Waals surface area contributed by atoms with Gasteiger partial charge in [-0.05, 0) is 13.8 Å². The molecule has 0 fully saturated rings. The largest absolute Gasteiger partial charge is 0.459 e. The van der Waals surface area contributed by atoms with E-state index in [9.17, 15) is 4.79 Å². The highest BCUT2D eigenvalue weighted by Crippen LogP contribution is 2.11. The van der Waals surface area contributed by atoms with Crippen LogP contribution in [0.1, 0.15) is 24.2 Å². The summed E-state index contributed by atoms with van der Waals surface area (Å²) in [5.74, 6) is -0.105. The van der Waals surface area contributed by atoms with E-state index in [1.54, 1.807) is 20.9 Å². The normalized spacial score (nSPS) is 10.5. The summed E-state index contributed by atoms with van der Waals surface area (Å²) >= 11 is 0. The van der Waals surface area contributed by atoms with Gasteiger partial charge < -0.3 is 10.5 Å². The van der Waals surface area contributed by atoms with Crippen LogP contribution in [0.3, 0.4) is 0 Å². The van der Waals surface area contributed by atoms with Gasteiger partial charge in [-0.3, -0.25) is 4.68 Å². The lowest BCUT2D eigenvalue weighted by molar-refractivity contribution is 0.0379. The molecule has 0 aromatic carbocycles. The number of nitrogens with zero attached hydrogens (tertiary/aromatic N) is 2. The van der Waals surface area contributed by atoms with E-state index in [0.717, 1.165) is 0 Å². The summed E-state index contributed by atoms with van der Waals surface area (Å²) in [6.45, 7) is 3.56. The second kappa shape index (κ2) is 3.47. The summed E-state index contributed by atoms with van der Waals surface area (Å²) in [5, 5.41) is 3.84. The van der Waals surface area contributed by atoms with Crippen LogP contribution in [0.25, 0.3) is 0 Å². The van der Waals surface area contributed by atoms with Crippen molar-refractivity contribution in [2.75, 3.05) is 5.73 Å². The number of rotatable bonds is 2. The molecule has 0 unspecified atom stereocenters. The highest BCUT2D eigenvalue weighted by molar-refractivity contribution is 5.94. The van der Waals surface area contributed by atoms with Crippen molar-refractivity contribution in [1.29, 1.82) is 0 Å². The van der Waals surface area contributed by atoms with Crippen LogP contribution < -0.4 is 5.73 Å². The van der Waals surface area contributed by atoms with Crippen LogP contribution in [0.2, 0.25) is 0 Å². The first kappa shape index (κ1) is 9.57. The monoisotopic (exact) mass is 183 g/mol. The minimum Gasteiger partial charge on any atom is -0.459 e. The van der Waals surface area contributed by atoms with Crippen LogP contribution in [0.15, 0.2) is 6.20 Å². The Labute approximate surface area is 76.5 Å². The third-order valence-corrected chi connectivity index (χ3v) is 1.55. The molecule has 1 aromatic rings. The Bertz CT molecular complexity index is 317. The van der Waals surface area contributed by atoms with Crippen LogP contribution >= 0.6 is 0 Å². The lowest BCUT2D eigenvalue weighted by atomic mass is 10.3. The van der Waals surface area contributed by atoms with Crippen LogP contribution in [-0.4, -0.2) is 21.9 Å². The number of hydrogen-bond acceptors (Lipinski definition) is 4. The van der Waals surface area contributed by atoms with Gasteiger partial charge in [0.25, 0.3) is 0 Å². The van der Waals surface area contributed by atoms with E-state index in [-0.39, 0.29) is 6.10 Å². The fourth-order valence-electron chi connectivity index (χ4n) is 0.882. The maximum atomic E-state index is 11.3. The topological polar surface area (TPSA) is 70.1 Å². The lowest BCUT2D eigenvalue weighted by Gasteiger charge is -2.06. The van der Waals surface area contributed by atoms with E-state index in [4.69, 9.17) is 10.5 Å². The second-order valence-corrected chi connectivity index (χ2v) is 3.02. The first-order valence-corrected chi connectivity index (χ1v) is 4.01. The molecule has 72 valence electrons. The highest BCUT2D eigenvalue weighted by Gasteiger charge is 2.15. The van der Waals surface area contributed by atoms with Gasteiger partial charge in [0, 0.05) is 7.05 Å². The SMILES string of the molecule is CC(C)OC(=O)c1cnn(C)c1N. The van der Waals surface area contributed by atoms with Crippen molar-refractivity contribution in [2.45, 2.75) is 20.0 Å². The van der Waals surface area contributed by atoms with E-state index in [1.165, 1.54) is 10.9 Å². The molecule has 0 spiro atoms. The maximum absolute atomic E-state index is 11.3. The number of nitrogens with two attached hydrogens (primary N) is 1. The van der Waals surface area contributed by atoms with Crippen molar-refractivity contribution in [3.8, 4) is 0 Å². The molecule has 1 aromatic heterocycles. The van der Waals surface area contributed by atoms with Gasteiger partial charge in [0.05, 0.1) is 12.3 Å². The van der Waals surface area contributed by atoms with Gasteiger partial charge in [-0.15, -0.1) is 0 Å². The maximum Gasteiger partial charge on any atom is 0.343 e. The van der Waals surface area contributed by atoms with Gasteiger partial charge >= 0.3 is 5.97 Å². The molecule has 1 rings (SSSR count).